The largest absolute Gasteiger partial charge is 0.369 e. The number of hydrogen-bond donors (Lipinski definition) is 1. The molecule has 2 N–H and O–H groups in total. The zero-order valence-electron chi connectivity index (χ0n) is 11.5. The number of nitrogen functional groups attached to an aromatic ring is 1. The smallest absolute Gasteiger partial charge is 0.201 e. The second kappa shape index (κ2) is 4.63. The topological polar surface area (TPSA) is 43.8 Å². The lowest BCUT2D eigenvalue weighted by Gasteiger charge is -2.07. The first-order valence-corrected chi connectivity index (χ1v) is 7.00. The van der Waals surface area contributed by atoms with Gasteiger partial charge in [0.1, 0.15) is 0 Å². The molecule has 0 unspecified atom stereocenters. The second-order valence-electron chi connectivity index (χ2n) is 5.23. The first-order chi connectivity index (χ1) is 10.3. The van der Waals surface area contributed by atoms with Crippen LogP contribution in [0.3, 0.4) is 0 Å². The Balaban J connectivity index is 1.91. The van der Waals surface area contributed by atoms with Gasteiger partial charge in [0, 0.05) is 0 Å². The maximum atomic E-state index is 6.12. The Bertz CT molecular complexity index is 923. The Labute approximate surface area is 122 Å². The molecule has 1 aromatic heterocycles. The Morgan fingerprint density at radius 1 is 0.857 bits per heavy atom. The van der Waals surface area contributed by atoms with E-state index in [0.717, 1.165) is 17.6 Å². The molecule has 0 amide bonds. The van der Waals surface area contributed by atoms with Crippen LogP contribution < -0.4 is 5.73 Å². The van der Waals surface area contributed by atoms with Crippen molar-refractivity contribution >= 4 is 27.8 Å². The van der Waals surface area contributed by atoms with Crippen molar-refractivity contribution < 1.29 is 0 Å². The molecule has 102 valence electrons. The van der Waals surface area contributed by atoms with Gasteiger partial charge in [-0.2, -0.15) is 0 Å². The normalized spacial score (nSPS) is 11.2. The fourth-order valence-corrected chi connectivity index (χ4v) is 2.76. The maximum absolute atomic E-state index is 6.12. The zero-order chi connectivity index (χ0) is 14.2. The number of anilines is 1. The molecule has 0 saturated carbocycles. The van der Waals surface area contributed by atoms with Crippen LogP contribution in [0.4, 0.5) is 5.95 Å². The second-order valence-corrected chi connectivity index (χ2v) is 5.23. The van der Waals surface area contributed by atoms with Crippen LogP contribution in [-0.2, 0) is 6.54 Å². The van der Waals surface area contributed by atoms with Crippen LogP contribution in [0.2, 0.25) is 0 Å². The minimum atomic E-state index is 0.559. The standard InChI is InChI=1S/C18H15N3/c19-18-20-16-10-14-8-4-5-9-15(14)11-17(16)21(18)12-13-6-2-1-3-7-13/h1-11H,12H2,(H2,19,20). The third-order valence-electron chi connectivity index (χ3n) is 3.83. The number of rotatable bonds is 2. The van der Waals surface area contributed by atoms with Crippen LogP contribution >= 0.6 is 0 Å². The Kier molecular flexibility index (Phi) is 2.64. The van der Waals surface area contributed by atoms with E-state index >= 15 is 0 Å². The van der Waals surface area contributed by atoms with Gasteiger partial charge in [-0.1, -0.05) is 54.6 Å². The number of hydrogen-bond acceptors (Lipinski definition) is 2. The summed E-state index contributed by atoms with van der Waals surface area (Å²) in [5, 5.41) is 2.40. The first-order valence-electron chi connectivity index (χ1n) is 7.00. The lowest BCUT2D eigenvalue weighted by atomic mass is 10.1. The van der Waals surface area contributed by atoms with Crippen molar-refractivity contribution in [2.75, 3.05) is 5.73 Å². The summed E-state index contributed by atoms with van der Waals surface area (Å²) in [7, 11) is 0. The highest BCUT2D eigenvalue weighted by Gasteiger charge is 2.09. The molecular weight excluding hydrogens is 258 g/mol. The molecule has 0 bridgehead atoms. The maximum Gasteiger partial charge on any atom is 0.201 e. The molecule has 4 aromatic rings. The average molecular weight is 273 g/mol. The van der Waals surface area contributed by atoms with E-state index in [1.165, 1.54) is 16.3 Å². The van der Waals surface area contributed by atoms with Crippen molar-refractivity contribution in [3.63, 3.8) is 0 Å². The summed E-state index contributed by atoms with van der Waals surface area (Å²) in [6.45, 7) is 0.738. The van der Waals surface area contributed by atoms with E-state index < -0.39 is 0 Å². The van der Waals surface area contributed by atoms with Gasteiger partial charge in [-0.3, -0.25) is 0 Å². The molecule has 0 aliphatic rings. The molecule has 3 nitrogen and oxygen atoms in total. The number of benzene rings is 3. The third-order valence-corrected chi connectivity index (χ3v) is 3.83. The molecule has 3 heteroatoms. The van der Waals surface area contributed by atoms with Crippen LogP contribution in [0.1, 0.15) is 5.56 Å². The quantitative estimate of drug-likeness (QED) is 0.603. The predicted molar refractivity (Wildman–Crippen MR) is 87.2 cm³/mol. The van der Waals surface area contributed by atoms with Crippen molar-refractivity contribution in [2.45, 2.75) is 6.54 Å². The number of fused-ring (bicyclic) bond motifs is 2. The lowest BCUT2D eigenvalue weighted by Crippen LogP contribution is -2.04. The van der Waals surface area contributed by atoms with E-state index in [0.29, 0.717) is 5.95 Å². The SMILES string of the molecule is Nc1nc2cc3ccccc3cc2n1Cc1ccccc1. The minimum Gasteiger partial charge on any atom is -0.369 e. The van der Waals surface area contributed by atoms with Crippen molar-refractivity contribution in [2.24, 2.45) is 0 Å². The summed E-state index contributed by atoms with van der Waals surface area (Å²) in [4.78, 5) is 4.50. The van der Waals surface area contributed by atoms with Gasteiger partial charge in [-0.15, -0.1) is 0 Å². The Morgan fingerprint density at radius 2 is 1.52 bits per heavy atom. The molecule has 0 aliphatic heterocycles. The van der Waals surface area contributed by atoms with Crippen LogP contribution in [0, 0.1) is 0 Å². The molecule has 0 atom stereocenters. The molecular formula is C18H15N3. The van der Waals surface area contributed by atoms with Gasteiger partial charge in [-0.25, -0.2) is 4.98 Å². The van der Waals surface area contributed by atoms with E-state index in [-0.39, 0.29) is 0 Å². The van der Waals surface area contributed by atoms with E-state index in [4.69, 9.17) is 5.73 Å². The highest BCUT2D eigenvalue weighted by molar-refractivity contribution is 5.96. The molecule has 21 heavy (non-hydrogen) atoms. The summed E-state index contributed by atoms with van der Waals surface area (Å²) in [5.41, 5.74) is 9.36. The molecule has 0 aliphatic carbocycles. The van der Waals surface area contributed by atoms with Crippen molar-refractivity contribution in [3.8, 4) is 0 Å². The van der Waals surface area contributed by atoms with Gasteiger partial charge < -0.3 is 10.3 Å². The van der Waals surface area contributed by atoms with Crippen LogP contribution in [0.15, 0.2) is 66.7 Å². The van der Waals surface area contributed by atoms with Crippen molar-refractivity contribution in [1.82, 2.24) is 9.55 Å². The molecule has 0 saturated heterocycles. The third kappa shape index (κ3) is 2.03. The number of nitrogens with zero attached hydrogens (tertiary/aromatic N) is 2. The molecule has 1 heterocycles. The Morgan fingerprint density at radius 3 is 2.29 bits per heavy atom. The summed E-state index contributed by atoms with van der Waals surface area (Å²) in [6.07, 6.45) is 0. The van der Waals surface area contributed by atoms with Gasteiger partial charge in [0.05, 0.1) is 17.6 Å². The number of imidazole rings is 1. The highest BCUT2D eigenvalue weighted by Crippen LogP contribution is 2.25. The number of nitrogens with two attached hydrogens (primary N) is 1. The van der Waals surface area contributed by atoms with Gasteiger partial charge in [-0.05, 0) is 28.5 Å². The average Bonchev–Trinajstić information content (AvgIpc) is 2.81. The zero-order valence-corrected chi connectivity index (χ0v) is 11.5. The minimum absolute atomic E-state index is 0.559. The van der Waals surface area contributed by atoms with E-state index in [1.54, 1.807) is 0 Å². The van der Waals surface area contributed by atoms with Gasteiger partial charge in [0.15, 0.2) is 0 Å². The molecule has 0 fully saturated rings. The summed E-state index contributed by atoms with van der Waals surface area (Å²) in [6, 6.07) is 22.9. The fraction of sp³-hybridized carbons (Fsp3) is 0.0556. The number of aromatic nitrogens is 2. The van der Waals surface area contributed by atoms with Crippen molar-refractivity contribution in [1.29, 1.82) is 0 Å². The van der Waals surface area contributed by atoms with E-state index in [2.05, 4.69) is 52.0 Å². The van der Waals surface area contributed by atoms with Crippen LogP contribution in [0.5, 0.6) is 0 Å². The van der Waals surface area contributed by atoms with Gasteiger partial charge in [0.2, 0.25) is 5.95 Å². The van der Waals surface area contributed by atoms with Crippen LogP contribution in [0.25, 0.3) is 21.8 Å². The predicted octanol–water partition coefficient (Wildman–Crippen LogP) is 3.82. The first kappa shape index (κ1) is 12.0. The molecule has 4 rings (SSSR count). The lowest BCUT2D eigenvalue weighted by molar-refractivity contribution is 0.839. The highest BCUT2D eigenvalue weighted by atomic mass is 15.1. The van der Waals surface area contributed by atoms with Crippen LogP contribution in [-0.4, -0.2) is 9.55 Å². The molecule has 0 spiro atoms. The fourth-order valence-electron chi connectivity index (χ4n) is 2.76. The van der Waals surface area contributed by atoms with E-state index in [9.17, 15) is 0 Å². The summed E-state index contributed by atoms with van der Waals surface area (Å²) >= 11 is 0. The summed E-state index contributed by atoms with van der Waals surface area (Å²) < 4.78 is 2.07. The van der Waals surface area contributed by atoms with Gasteiger partial charge >= 0.3 is 0 Å². The molecule has 0 radical (unpaired) electrons. The molecule has 3 aromatic carbocycles. The Hall–Kier alpha value is -2.81. The summed E-state index contributed by atoms with van der Waals surface area (Å²) in [5.74, 6) is 0.559. The van der Waals surface area contributed by atoms with Gasteiger partial charge in [0.25, 0.3) is 0 Å². The monoisotopic (exact) mass is 273 g/mol. The van der Waals surface area contributed by atoms with E-state index in [1.807, 2.05) is 24.3 Å². The van der Waals surface area contributed by atoms with Crippen molar-refractivity contribution in [3.05, 3.63) is 72.3 Å².